The van der Waals surface area contributed by atoms with E-state index in [1.54, 1.807) is 63.2 Å². The molecule has 0 radical (unpaired) electrons. The van der Waals surface area contributed by atoms with Crippen LogP contribution in [0.1, 0.15) is 26.3 Å². The van der Waals surface area contributed by atoms with E-state index in [2.05, 4.69) is 16.0 Å². The molecular formula is C23H27Cl2N3O5. The second-order valence-corrected chi connectivity index (χ2v) is 8.81. The number of carbonyl (C=O) groups is 3. The number of hydrogen-bond donors (Lipinski definition) is 3. The molecule has 0 heterocycles. The molecule has 0 spiro atoms. The van der Waals surface area contributed by atoms with Crippen molar-refractivity contribution in [1.29, 1.82) is 0 Å². The van der Waals surface area contributed by atoms with E-state index in [4.69, 9.17) is 32.7 Å². The molecule has 178 valence electrons. The summed E-state index contributed by atoms with van der Waals surface area (Å²) < 4.78 is 10.2. The van der Waals surface area contributed by atoms with Crippen LogP contribution in [0.3, 0.4) is 0 Å². The number of ether oxygens (including phenoxy) is 2. The third kappa shape index (κ3) is 9.59. The molecule has 33 heavy (non-hydrogen) atoms. The predicted octanol–water partition coefficient (Wildman–Crippen LogP) is 4.46. The molecule has 2 aromatic carbocycles. The van der Waals surface area contributed by atoms with Crippen LogP contribution < -0.4 is 16.0 Å². The van der Waals surface area contributed by atoms with Crippen molar-refractivity contribution in [2.24, 2.45) is 0 Å². The van der Waals surface area contributed by atoms with Gasteiger partial charge in [0.05, 0.1) is 22.2 Å². The Bertz CT molecular complexity index is 972. The number of benzene rings is 2. The Morgan fingerprint density at radius 2 is 1.55 bits per heavy atom. The SMILES string of the molecule is CC(C)(C)OC(=O)NCCNC(=O)COC(=O)Cc1ccccc1Nc1c(Cl)cccc1Cl. The van der Waals surface area contributed by atoms with E-state index in [1.807, 2.05) is 0 Å². The van der Waals surface area contributed by atoms with Gasteiger partial charge in [-0.2, -0.15) is 0 Å². The number of carbonyl (C=O) groups excluding carboxylic acids is 3. The number of nitrogens with one attached hydrogen (secondary N) is 3. The monoisotopic (exact) mass is 495 g/mol. The first-order valence-corrected chi connectivity index (χ1v) is 11.0. The molecule has 0 bridgehead atoms. The third-order valence-electron chi connectivity index (χ3n) is 4.05. The van der Waals surface area contributed by atoms with Gasteiger partial charge in [-0.25, -0.2) is 4.79 Å². The van der Waals surface area contributed by atoms with Crippen LogP contribution >= 0.6 is 23.2 Å². The standard InChI is InChI=1S/C23H27Cl2N3O5/c1-23(2,3)33-22(31)27-12-11-26-19(29)14-32-20(30)13-15-7-4-5-10-18(15)28-21-16(24)8-6-9-17(21)25/h4-10,28H,11-14H2,1-3H3,(H,26,29)(H,27,31). The smallest absolute Gasteiger partial charge is 0.407 e. The number of alkyl carbamates (subject to hydrolysis) is 1. The molecule has 2 aromatic rings. The summed E-state index contributed by atoms with van der Waals surface area (Å²) in [5.74, 6) is -1.06. The van der Waals surface area contributed by atoms with Gasteiger partial charge in [-0.3, -0.25) is 9.59 Å². The summed E-state index contributed by atoms with van der Waals surface area (Å²) in [6.07, 6.45) is -0.632. The lowest BCUT2D eigenvalue weighted by molar-refractivity contribution is -0.147. The maximum atomic E-state index is 12.3. The Morgan fingerprint density at radius 3 is 2.21 bits per heavy atom. The molecular weight excluding hydrogens is 469 g/mol. The maximum Gasteiger partial charge on any atom is 0.407 e. The molecule has 0 unspecified atom stereocenters. The minimum Gasteiger partial charge on any atom is -0.455 e. The molecule has 0 fully saturated rings. The van der Waals surface area contributed by atoms with Gasteiger partial charge in [0, 0.05) is 18.8 Å². The number of hydrogen-bond acceptors (Lipinski definition) is 6. The molecule has 0 atom stereocenters. The van der Waals surface area contributed by atoms with Crippen LogP contribution in [0.5, 0.6) is 0 Å². The zero-order chi connectivity index (χ0) is 24.4. The fourth-order valence-corrected chi connectivity index (χ4v) is 3.12. The van der Waals surface area contributed by atoms with Crippen LogP contribution in [0.15, 0.2) is 42.5 Å². The molecule has 0 saturated carbocycles. The average molecular weight is 496 g/mol. The zero-order valence-electron chi connectivity index (χ0n) is 18.7. The first-order valence-electron chi connectivity index (χ1n) is 10.2. The van der Waals surface area contributed by atoms with Gasteiger partial charge in [-0.1, -0.05) is 47.5 Å². The van der Waals surface area contributed by atoms with Crippen LogP contribution in [0.25, 0.3) is 0 Å². The summed E-state index contributed by atoms with van der Waals surface area (Å²) in [6, 6.07) is 12.3. The first kappa shape index (κ1) is 26.3. The van der Waals surface area contributed by atoms with Crippen LogP contribution in [0.2, 0.25) is 10.0 Å². The highest BCUT2D eigenvalue weighted by molar-refractivity contribution is 6.39. The lowest BCUT2D eigenvalue weighted by Gasteiger charge is -2.19. The Labute approximate surface area is 202 Å². The summed E-state index contributed by atoms with van der Waals surface area (Å²) in [7, 11) is 0. The topological polar surface area (TPSA) is 106 Å². The fourth-order valence-electron chi connectivity index (χ4n) is 2.63. The Kier molecular flexibility index (Phi) is 9.81. The van der Waals surface area contributed by atoms with E-state index in [1.165, 1.54) is 0 Å². The second kappa shape index (κ2) is 12.3. The summed E-state index contributed by atoms with van der Waals surface area (Å²) in [5, 5.41) is 9.09. The zero-order valence-corrected chi connectivity index (χ0v) is 20.2. The van der Waals surface area contributed by atoms with E-state index in [0.29, 0.717) is 27.0 Å². The van der Waals surface area contributed by atoms with Crippen LogP contribution in [0, 0.1) is 0 Å². The third-order valence-corrected chi connectivity index (χ3v) is 4.68. The molecule has 8 nitrogen and oxygen atoms in total. The quantitative estimate of drug-likeness (QED) is 0.350. The second-order valence-electron chi connectivity index (χ2n) is 7.99. The van der Waals surface area contributed by atoms with Crippen molar-refractivity contribution in [3.63, 3.8) is 0 Å². The van der Waals surface area contributed by atoms with Crippen LogP contribution in [0.4, 0.5) is 16.2 Å². The summed E-state index contributed by atoms with van der Waals surface area (Å²) in [4.78, 5) is 35.7. The Balaban J connectivity index is 1.79. The molecule has 3 N–H and O–H groups in total. The number of para-hydroxylation sites is 2. The predicted molar refractivity (Wildman–Crippen MR) is 128 cm³/mol. The van der Waals surface area contributed by atoms with Crippen molar-refractivity contribution in [1.82, 2.24) is 10.6 Å². The maximum absolute atomic E-state index is 12.3. The molecule has 10 heteroatoms. The number of rotatable bonds is 9. The summed E-state index contributed by atoms with van der Waals surface area (Å²) in [6.45, 7) is 5.17. The van der Waals surface area contributed by atoms with Gasteiger partial charge in [0.25, 0.3) is 5.91 Å². The van der Waals surface area contributed by atoms with E-state index in [0.717, 1.165) is 0 Å². The van der Waals surface area contributed by atoms with Crippen molar-refractivity contribution in [3.8, 4) is 0 Å². The normalized spacial score (nSPS) is 10.8. The van der Waals surface area contributed by atoms with Gasteiger partial charge in [-0.15, -0.1) is 0 Å². The van der Waals surface area contributed by atoms with E-state index >= 15 is 0 Å². The molecule has 0 aromatic heterocycles. The Hall–Kier alpha value is -2.97. The number of amides is 2. The fraction of sp³-hybridized carbons (Fsp3) is 0.348. The molecule has 0 aliphatic heterocycles. The minimum atomic E-state index is -0.602. The first-order chi connectivity index (χ1) is 15.5. The number of anilines is 2. The van der Waals surface area contributed by atoms with Crippen LogP contribution in [-0.2, 0) is 25.5 Å². The molecule has 0 saturated heterocycles. The van der Waals surface area contributed by atoms with Crippen LogP contribution in [-0.4, -0.2) is 43.3 Å². The molecule has 0 aliphatic rings. The number of halogens is 2. The van der Waals surface area contributed by atoms with E-state index < -0.39 is 30.2 Å². The van der Waals surface area contributed by atoms with Gasteiger partial charge in [-0.05, 0) is 44.5 Å². The summed E-state index contributed by atoms with van der Waals surface area (Å²) in [5.41, 5.74) is 1.22. The van der Waals surface area contributed by atoms with Gasteiger partial charge in [0.1, 0.15) is 5.60 Å². The van der Waals surface area contributed by atoms with Gasteiger partial charge in [0.2, 0.25) is 0 Å². The average Bonchev–Trinajstić information content (AvgIpc) is 2.72. The van der Waals surface area contributed by atoms with Crippen molar-refractivity contribution in [2.75, 3.05) is 25.0 Å². The van der Waals surface area contributed by atoms with Gasteiger partial charge < -0.3 is 25.4 Å². The molecule has 2 rings (SSSR count). The van der Waals surface area contributed by atoms with Crippen molar-refractivity contribution < 1.29 is 23.9 Å². The molecule has 0 aliphatic carbocycles. The number of esters is 1. The lowest BCUT2D eigenvalue weighted by atomic mass is 10.1. The highest BCUT2D eigenvalue weighted by Crippen LogP contribution is 2.33. The lowest BCUT2D eigenvalue weighted by Crippen LogP contribution is -2.39. The Morgan fingerprint density at radius 1 is 0.909 bits per heavy atom. The van der Waals surface area contributed by atoms with Crippen molar-refractivity contribution in [3.05, 3.63) is 58.1 Å². The highest BCUT2D eigenvalue weighted by Gasteiger charge is 2.16. The van der Waals surface area contributed by atoms with E-state index in [9.17, 15) is 14.4 Å². The minimum absolute atomic E-state index is 0.0568. The summed E-state index contributed by atoms with van der Waals surface area (Å²) >= 11 is 12.4. The highest BCUT2D eigenvalue weighted by atomic mass is 35.5. The van der Waals surface area contributed by atoms with Gasteiger partial charge in [0.15, 0.2) is 6.61 Å². The van der Waals surface area contributed by atoms with E-state index in [-0.39, 0.29) is 19.5 Å². The molecule has 2 amide bonds. The van der Waals surface area contributed by atoms with Crippen molar-refractivity contribution >= 4 is 52.5 Å². The van der Waals surface area contributed by atoms with Gasteiger partial charge >= 0.3 is 12.1 Å². The van der Waals surface area contributed by atoms with Crippen molar-refractivity contribution in [2.45, 2.75) is 32.8 Å². The largest absolute Gasteiger partial charge is 0.455 e.